The number of methoxy groups -OCH3 is 1. The maximum atomic E-state index is 12.2. The Hall–Kier alpha value is -2.06. The quantitative estimate of drug-likeness (QED) is 0.733. The van der Waals surface area contributed by atoms with Crippen molar-refractivity contribution in [3.8, 4) is 0 Å². The van der Waals surface area contributed by atoms with Crippen molar-refractivity contribution >= 4 is 33.1 Å². The fourth-order valence-corrected chi connectivity index (χ4v) is 4.62. The molecule has 1 atom stereocenters. The topological polar surface area (TPSA) is 81.4 Å². The molecule has 0 saturated carbocycles. The van der Waals surface area contributed by atoms with Gasteiger partial charge in [-0.3, -0.25) is 4.79 Å². The van der Waals surface area contributed by atoms with Crippen LogP contribution in [0.25, 0.3) is 15.9 Å². The van der Waals surface area contributed by atoms with Crippen molar-refractivity contribution in [3.63, 3.8) is 0 Å². The normalized spacial score (nSPS) is 17.3. The highest BCUT2D eigenvalue weighted by Crippen LogP contribution is 2.42. The highest BCUT2D eigenvalue weighted by molar-refractivity contribution is 7.19. The van der Waals surface area contributed by atoms with Gasteiger partial charge in [0.15, 0.2) is 5.65 Å². The van der Waals surface area contributed by atoms with E-state index in [0.717, 1.165) is 22.3 Å². The molecule has 8 heteroatoms. The number of hydrogen-bond acceptors (Lipinski definition) is 6. The molecule has 0 aliphatic heterocycles. The minimum absolute atomic E-state index is 0.170. The third-order valence-corrected chi connectivity index (χ3v) is 5.64. The number of nitrogens with one attached hydrogen (secondary N) is 1. The molecule has 0 bridgehead atoms. The lowest BCUT2D eigenvalue weighted by atomic mass is 9.87. The van der Waals surface area contributed by atoms with Gasteiger partial charge in [-0.25, -0.2) is 14.5 Å². The molecular formula is C16H19N5O2S. The molecule has 3 aromatic heterocycles. The van der Waals surface area contributed by atoms with Crippen molar-refractivity contribution in [2.75, 3.05) is 20.3 Å². The number of thiophene rings is 1. The molecule has 0 fully saturated rings. The van der Waals surface area contributed by atoms with E-state index in [9.17, 15) is 4.79 Å². The Kier molecular flexibility index (Phi) is 3.93. The molecule has 126 valence electrons. The number of aromatic nitrogens is 4. The van der Waals surface area contributed by atoms with Gasteiger partial charge in [0.1, 0.15) is 11.2 Å². The molecule has 1 amide bonds. The smallest absolute Gasteiger partial charge is 0.291 e. The summed E-state index contributed by atoms with van der Waals surface area (Å²) in [4.78, 5) is 23.6. The second-order valence-corrected chi connectivity index (χ2v) is 7.19. The van der Waals surface area contributed by atoms with Gasteiger partial charge >= 0.3 is 0 Å². The van der Waals surface area contributed by atoms with Crippen LogP contribution < -0.4 is 5.32 Å². The van der Waals surface area contributed by atoms with Crippen LogP contribution in [0, 0.1) is 0 Å². The average Bonchev–Trinajstić information content (AvgIpc) is 3.16. The van der Waals surface area contributed by atoms with Crippen LogP contribution in [0.3, 0.4) is 0 Å². The molecule has 1 N–H and O–H groups in total. The maximum Gasteiger partial charge on any atom is 0.291 e. The summed E-state index contributed by atoms with van der Waals surface area (Å²) in [5.41, 5.74) is 2.07. The van der Waals surface area contributed by atoms with E-state index in [4.69, 9.17) is 4.74 Å². The zero-order valence-corrected chi connectivity index (χ0v) is 14.5. The van der Waals surface area contributed by atoms with E-state index in [1.54, 1.807) is 29.3 Å². The Balaban J connectivity index is 1.80. The molecule has 3 aromatic rings. The zero-order chi connectivity index (χ0) is 16.7. The predicted octanol–water partition coefficient (Wildman–Crippen LogP) is 2.16. The van der Waals surface area contributed by atoms with Crippen molar-refractivity contribution in [1.82, 2.24) is 24.9 Å². The van der Waals surface area contributed by atoms with Gasteiger partial charge in [0.05, 0.1) is 12.0 Å². The summed E-state index contributed by atoms with van der Waals surface area (Å²) in [6.07, 6.45) is 5.14. The van der Waals surface area contributed by atoms with Crippen molar-refractivity contribution in [1.29, 1.82) is 0 Å². The summed E-state index contributed by atoms with van der Waals surface area (Å²) in [6.45, 7) is 3.15. The molecule has 24 heavy (non-hydrogen) atoms. The summed E-state index contributed by atoms with van der Waals surface area (Å²) in [5.74, 6) is 0.371. The summed E-state index contributed by atoms with van der Waals surface area (Å²) in [7, 11) is 1.60. The molecule has 0 saturated heterocycles. The first-order chi connectivity index (χ1) is 11.7. The molecule has 3 heterocycles. The third kappa shape index (κ3) is 2.46. The predicted molar refractivity (Wildman–Crippen MR) is 91.7 cm³/mol. The zero-order valence-electron chi connectivity index (χ0n) is 13.7. The maximum absolute atomic E-state index is 12.2. The second kappa shape index (κ2) is 6.10. The first-order valence-corrected chi connectivity index (χ1v) is 8.94. The average molecular weight is 345 g/mol. The van der Waals surface area contributed by atoms with Gasteiger partial charge in [0, 0.05) is 18.5 Å². The van der Waals surface area contributed by atoms with Gasteiger partial charge < -0.3 is 10.1 Å². The van der Waals surface area contributed by atoms with Crippen LogP contribution in [0.15, 0.2) is 6.33 Å². The van der Waals surface area contributed by atoms with E-state index in [-0.39, 0.29) is 11.7 Å². The van der Waals surface area contributed by atoms with Gasteiger partial charge in [-0.1, -0.05) is 6.92 Å². The number of rotatable bonds is 4. The van der Waals surface area contributed by atoms with E-state index < -0.39 is 0 Å². The lowest BCUT2D eigenvalue weighted by molar-refractivity contribution is 0.0927. The van der Waals surface area contributed by atoms with Crippen LogP contribution in [-0.2, 0) is 11.2 Å². The first kappa shape index (κ1) is 15.5. The highest BCUT2D eigenvalue weighted by Gasteiger charge is 2.25. The van der Waals surface area contributed by atoms with Crippen molar-refractivity contribution < 1.29 is 9.53 Å². The SMILES string of the molecule is COCCNC(=O)c1nc2c3c4c(sc3ncn2n1)CCCC4C. The molecule has 1 unspecified atom stereocenters. The number of carbonyl (C=O) groups excluding carboxylic acids is 1. The van der Waals surface area contributed by atoms with E-state index in [1.165, 1.54) is 23.3 Å². The Morgan fingerprint density at radius 3 is 3.25 bits per heavy atom. The lowest BCUT2D eigenvalue weighted by Crippen LogP contribution is -2.27. The monoisotopic (exact) mass is 345 g/mol. The third-order valence-electron chi connectivity index (χ3n) is 4.47. The minimum atomic E-state index is -0.291. The van der Waals surface area contributed by atoms with Gasteiger partial charge in [-0.05, 0) is 30.7 Å². The lowest BCUT2D eigenvalue weighted by Gasteiger charge is -2.18. The summed E-state index contributed by atoms with van der Waals surface area (Å²) in [5, 5.41) is 8.11. The van der Waals surface area contributed by atoms with Crippen molar-refractivity contribution in [3.05, 3.63) is 22.6 Å². The van der Waals surface area contributed by atoms with E-state index >= 15 is 0 Å². The number of hydrogen-bond donors (Lipinski definition) is 1. The number of amides is 1. The van der Waals surface area contributed by atoms with Crippen molar-refractivity contribution in [2.45, 2.75) is 32.1 Å². The second-order valence-electron chi connectivity index (χ2n) is 6.11. The van der Waals surface area contributed by atoms with Crippen LogP contribution in [-0.4, -0.2) is 45.8 Å². The summed E-state index contributed by atoms with van der Waals surface area (Å²) < 4.78 is 6.55. The number of carbonyl (C=O) groups is 1. The molecule has 0 radical (unpaired) electrons. The molecule has 0 aromatic carbocycles. The fraction of sp³-hybridized carbons (Fsp3) is 0.500. The van der Waals surface area contributed by atoms with Crippen LogP contribution in [0.5, 0.6) is 0 Å². The fourth-order valence-electron chi connectivity index (χ4n) is 3.33. The molecule has 1 aliphatic carbocycles. The van der Waals surface area contributed by atoms with E-state index in [2.05, 4.69) is 27.3 Å². The molecule has 1 aliphatic rings. The van der Waals surface area contributed by atoms with Gasteiger partial charge in [0.2, 0.25) is 5.82 Å². The Labute approximate surface area is 143 Å². The van der Waals surface area contributed by atoms with Crippen LogP contribution in [0.1, 0.15) is 46.7 Å². The van der Waals surface area contributed by atoms with E-state index in [1.807, 2.05) is 0 Å². The number of ether oxygens (including phenoxy) is 1. The number of fused-ring (bicyclic) bond motifs is 5. The summed E-state index contributed by atoms with van der Waals surface area (Å²) >= 11 is 1.74. The van der Waals surface area contributed by atoms with Crippen LogP contribution >= 0.6 is 11.3 Å². The van der Waals surface area contributed by atoms with Gasteiger partial charge in [-0.15, -0.1) is 16.4 Å². The molecule has 4 rings (SSSR count). The Bertz CT molecular complexity index is 916. The number of aryl methyl sites for hydroxylation is 1. The Morgan fingerprint density at radius 2 is 2.42 bits per heavy atom. The molecule has 0 spiro atoms. The van der Waals surface area contributed by atoms with Crippen LogP contribution in [0.2, 0.25) is 0 Å². The molecular weight excluding hydrogens is 326 g/mol. The number of nitrogens with zero attached hydrogens (tertiary/aromatic N) is 4. The standard InChI is InChI=1S/C16H19N5O2S/c1-9-4-3-5-10-11(9)12-14-19-13(15(22)17-6-7-23-2)20-21(14)8-18-16(12)24-10/h8-9H,3-7H2,1-2H3,(H,17,22). The van der Waals surface area contributed by atoms with E-state index in [0.29, 0.717) is 19.1 Å². The summed E-state index contributed by atoms with van der Waals surface area (Å²) in [6, 6.07) is 0. The molecule has 7 nitrogen and oxygen atoms in total. The highest BCUT2D eigenvalue weighted by atomic mass is 32.1. The minimum Gasteiger partial charge on any atom is -0.383 e. The Morgan fingerprint density at radius 1 is 1.54 bits per heavy atom. The first-order valence-electron chi connectivity index (χ1n) is 8.13. The van der Waals surface area contributed by atoms with Gasteiger partial charge in [0.25, 0.3) is 5.91 Å². The largest absolute Gasteiger partial charge is 0.383 e. The van der Waals surface area contributed by atoms with Gasteiger partial charge in [-0.2, -0.15) is 0 Å². The van der Waals surface area contributed by atoms with Crippen LogP contribution in [0.4, 0.5) is 0 Å². The van der Waals surface area contributed by atoms with Crippen molar-refractivity contribution in [2.24, 2.45) is 0 Å².